The standard InChI is InChI=1S/C14H13ClN2O2S/c15-12-5-6-14(13(16)7-12)20(18,19)17-8-10-3-1-2-4-11(10)9-17/h1-7H,8-9,16H2. The van der Waals surface area contributed by atoms with E-state index < -0.39 is 10.0 Å². The molecule has 20 heavy (non-hydrogen) atoms. The van der Waals surface area contributed by atoms with E-state index in [1.54, 1.807) is 0 Å². The highest BCUT2D eigenvalue weighted by Gasteiger charge is 2.31. The van der Waals surface area contributed by atoms with Crippen LogP contribution in [-0.4, -0.2) is 12.7 Å². The van der Waals surface area contributed by atoms with Crippen molar-refractivity contribution in [3.63, 3.8) is 0 Å². The fraction of sp³-hybridized carbons (Fsp3) is 0.143. The van der Waals surface area contributed by atoms with Crippen molar-refractivity contribution in [3.05, 3.63) is 58.6 Å². The molecule has 0 fully saturated rings. The Bertz CT molecular complexity index is 749. The zero-order chi connectivity index (χ0) is 14.3. The monoisotopic (exact) mass is 308 g/mol. The number of fused-ring (bicyclic) bond motifs is 1. The maximum absolute atomic E-state index is 12.6. The minimum atomic E-state index is -3.60. The van der Waals surface area contributed by atoms with Crippen LogP contribution in [0.25, 0.3) is 0 Å². The molecule has 4 nitrogen and oxygen atoms in total. The van der Waals surface area contributed by atoms with Gasteiger partial charge in [0, 0.05) is 18.1 Å². The van der Waals surface area contributed by atoms with Gasteiger partial charge in [-0.2, -0.15) is 4.31 Å². The van der Waals surface area contributed by atoms with E-state index in [2.05, 4.69) is 0 Å². The summed E-state index contributed by atoms with van der Waals surface area (Å²) in [6, 6.07) is 12.1. The topological polar surface area (TPSA) is 63.4 Å². The van der Waals surface area contributed by atoms with Gasteiger partial charge in [0.15, 0.2) is 0 Å². The minimum Gasteiger partial charge on any atom is -0.398 e. The van der Waals surface area contributed by atoms with Gasteiger partial charge in [-0.15, -0.1) is 0 Å². The van der Waals surface area contributed by atoms with Crippen molar-refractivity contribution < 1.29 is 8.42 Å². The first-order valence-electron chi connectivity index (χ1n) is 6.10. The molecule has 0 atom stereocenters. The predicted octanol–water partition coefficient (Wildman–Crippen LogP) is 2.63. The van der Waals surface area contributed by atoms with Crippen molar-refractivity contribution >= 4 is 27.3 Å². The van der Waals surface area contributed by atoms with Gasteiger partial charge >= 0.3 is 0 Å². The highest BCUT2D eigenvalue weighted by atomic mass is 35.5. The molecule has 1 heterocycles. The summed E-state index contributed by atoms with van der Waals surface area (Å²) in [5, 5.41) is 0.422. The van der Waals surface area contributed by atoms with Gasteiger partial charge in [-0.05, 0) is 29.3 Å². The number of nitrogen functional groups attached to an aromatic ring is 1. The van der Waals surface area contributed by atoms with Gasteiger partial charge in [-0.3, -0.25) is 0 Å². The number of benzene rings is 2. The minimum absolute atomic E-state index is 0.106. The van der Waals surface area contributed by atoms with E-state index in [-0.39, 0.29) is 10.6 Å². The maximum atomic E-state index is 12.6. The Morgan fingerprint density at radius 1 is 1.05 bits per heavy atom. The number of hydrogen-bond acceptors (Lipinski definition) is 3. The third kappa shape index (κ3) is 2.18. The second kappa shape index (κ2) is 4.77. The van der Waals surface area contributed by atoms with Crippen LogP contribution >= 0.6 is 11.6 Å². The number of hydrogen-bond donors (Lipinski definition) is 1. The SMILES string of the molecule is Nc1cc(Cl)ccc1S(=O)(=O)N1Cc2ccccc2C1. The molecule has 2 aromatic carbocycles. The number of sulfonamides is 1. The van der Waals surface area contributed by atoms with Crippen LogP contribution in [0.3, 0.4) is 0 Å². The van der Waals surface area contributed by atoms with Crippen LogP contribution in [0.4, 0.5) is 5.69 Å². The predicted molar refractivity (Wildman–Crippen MR) is 78.7 cm³/mol. The molecule has 104 valence electrons. The zero-order valence-electron chi connectivity index (χ0n) is 10.6. The molecule has 0 saturated heterocycles. The van der Waals surface area contributed by atoms with Crippen molar-refractivity contribution in [1.82, 2.24) is 4.31 Å². The first kappa shape index (κ1) is 13.4. The second-order valence-corrected chi connectivity index (χ2v) is 7.07. The summed E-state index contributed by atoms with van der Waals surface area (Å²) in [6.07, 6.45) is 0. The number of halogens is 1. The lowest BCUT2D eigenvalue weighted by Crippen LogP contribution is -2.26. The lowest BCUT2D eigenvalue weighted by molar-refractivity contribution is 0.432. The van der Waals surface area contributed by atoms with E-state index in [1.165, 1.54) is 22.5 Å². The van der Waals surface area contributed by atoms with E-state index in [9.17, 15) is 8.42 Å². The second-order valence-electron chi connectivity index (χ2n) is 4.72. The molecule has 0 aliphatic carbocycles. The molecule has 2 N–H and O–H groups in total. The zero-order valence-corrected chi connectivity index (χ0v) is 12.2. The smallest absolute Gasteiger partial charge is 0.245 e. The van der Waals surface area contributed by atoms with E-state index in [0.717, 1.165) is 11.1 Å². The van der Waals surface area contributed by atoms with Crippen molar-refractivity contribution in [2.45, 2.75) is 18.0 Å². The summed E-state index contributed by atoms with van der Waals surface area (Å²) in [6.45, 7) is 0.751. The van der Waals surface area contributed by atoms with Crippen LogP contribution in [0, 0.1) is 0 Å². The number of nitrogens with zero attached hydrogens (tertiary/aromatic N) is 1. The first-order valence-corrected chi connectivity index (χ1v) is 7.92. The molecule has 0 amide bonds. The molecular formula is C14H13ClN2O2S. The van der Waals surface area contributed by atoms with Crippen molar-refractivity contribution in [2.24, 2.45) is 0 Å². The first-order chi connectivity index (χ1) is 9.48. The van der Waals surface area contributed by atoms with Gasteiger partial charge in [0.2, 0.25) is 10.0 Å². The van der Waals surface area contributed by atoms with Crippen molar-refractivity contribution in [3.8, 4) is 0 Å². The van der Waals surface area contributed by atoms with Gasteiger partial charge in [0.25, 0.3) is 0 Å². The Kier molecular flexibility index (Phi) is 3.20. The van der Waals surface area contributed by atoms with Crippen LogP contribution < -0.4 is 5.73 Å². The molecule has 0 aromatic heterocycles. The van der Waals surface area contributed by atoms with Crippen LogP contribution in [0.1, 0.15) is 11.1 Å². The van der Waals surface area contributed by atoms with Crippen LogP contribution in [-0.2, 0) is 23.1 Å². The Morgan fingerprint density at radius 3 is 2.20 bits per heavy atom. The Hall–Kier alpha value is -1.56. The van der Waals surface area contributed by atoms with Gasteiger partial charge in [-0.1, -0.05) is 35.9 Å². The molecular weight excluding hydrogens is 296 g/mol. The lowest BCUT2D eigenvalue weighted by Gasteiger charge is -2.17. The largest absolute Gasteiger partial charge is 0.398 e. The molecule has 0 saturated carbocycles. The number of nitrogens with two attached hydrogens (primary N) is 1. The Balaban J connectivity index is 1.99. The number of rotatable bonds is 2. The summed E-state index contributed by atoms with van der Waals surface area (Å²) < 4.78 is 26.7. The average Bonchev–Trinajstić information content (AvgIpc) is 2.82. The van der Waals surface area contributed by atoms with Crippen LogP contribution in [0.2, 0.25) is 5.02 Å². The van der Waals surface area contributed by atoms with E-state index >= 15 is 0 Å². The molecule has 6 heteroatoms. The molecule has 0 bridgehead atoms. The molecule has 1 aliphatic heterocycles. The van der Waals surface area contributed by atoms with Crippen molar-refractivity contribution in [2.75, 3.05) is 5.73 Å². The van der Waals surface area contributed by atoms with Crippen LogP contribution in [0.15, 0.2) is 47.4 Å². The van der Waals surface area contributed by atoms with Gasteiger partial charge in [-0.25, -0.2) is 8.42 Å². The molecule has 0 unspecified atom stereocenters. The normalized spacial score (nSPS) is 15.2. The van der Waals surface area contributed by atoms with Crippen LogP contribution in [0.5, 0.6) is 0 Å². The summed E-state index contributed by atoms with van der Waals surface area (Å²) in [5.74, 6) is 0. The van der Waals surface area contributed by atoms with E-state index in [1.807, 2.05) is 24.3 Å². The van der Waals surface area contributed by atoms with Gasteiger partial charge in [0.1, 0.15) is 4.90 Å². The highest BCUT2D eigenvalue weighted by Crippen LogP contribution is 2.31. The quantitative estimate of drug-likeness (QED) is 0.867. The van der Waals surface area contributed by atoms with E-state index in [0.29, 0.717) is 18.1 Å². The van der Waals surface area contributed by atoms with Gasteiger partial charge < -0.3 is 5.73 Å². The Morgan fingerprint density at radius 2 is 1.65 bits per heavy atom. The molecule has 2 aromatic rings. The van der Waals surface area contributed by atoms with Gasteiger partial charge in [0.05, 0.1) is 5.69 Å². The maximum Gasteiger partial charge on any atom is 0.245 e. The van der Waals surface area contributed by atoms with Crippen molar-refractivity contribution in [1.29, 1.82) is 0 Å². The third-order valence-electron chi connectivity index (χ3n) is 3.40. The summed E-state index contributed by atoms with van der Waals surface area (Å²) in [4.78, 5) is 0.106. The third-order valence-corrected chi connectivity index (χ3v) is 5.50. The highest BCUT2D eigenvalue weighted by molar-refractivity contribution is 7.89. The molecule has 0 spiro atoms. The summed E-state index contributed by atoms with van der Waals surface area (Å²) in [7, 11) is -3.60. The molecule has 3 rings (SSSR count). The fourth-order valence-electron chi connectivity index (χ4n) is 2.37. The average molecular weight is 309 g/mol. The Labute approximate surface area is 122 Å². The van der Waals surface area contributed by atoms with E-state index in [4.69, 9.17) is 17.3 Å². The fourth-order valence-corrected chi connectivity index (χ4v) is 4.04. The summed E-state index contributed by atoms with van der Waals surface area (Å²) in [5.41, 5.74) is 8.03. The lowest BCUT2D eigenvalue weighted by atomic mass is 10.1. The number of anilines is 1. The molecule has 0 radical (unpaired) electrons. The summed E-state index contributed by atoms with van der Waals surface area (Å²) >= 11 is 5.81. The molecule has 1 aliphatic rings.